The van der Waals surface area contributed by atoms with Crippen molar-refractivity contribution in [1.82, 2.24) is 5.32 Å². The molecule has 2 aromatic rings. The summed E-state index contributed by atoms with van der Waals surface area (Å²) < 4.78 is 31.0. The van der Waals surface area contributed by atoms with E-state index in [1.54, 1.807) is 32.2 Å². The number of methoxy groups -OCH3 is 1. The largest absolute Gasteiger partial charge is 0.496 e. The number of anilines is 1. The number of ether oxygens (including phenoxy) is 1. The maximum absolute atomic E-state index is 12.8. The Morgan fingerprint density at radius 1 is 1.00 bits per heavy atom. The molecule has 0 aliphatic heterocycles. The van der Waals surface area contributed by atoms with Crippen LogP contribution < -0.4 is 14.8 Å². The molecule has 158 valence electrons. The van der Waals surface area contributed by atoms with Gasteiger partial charge in [-0.1, -0.05) is 19.9 Å². The third-order valence-corrected chi connectivity index (χ3v) is 5.44. The predicted molar refractivity (Wildman–Crippen MR) is 117 cm³/mol. The highest BCUT2D eigenvalue weighted by molar-refractivity contribution is 7.92. The molecule has 0 aliphatic rings. The van der Waals surface area contributed by atoms with Gasteiger partial charge >= 0.3 is 0 Å². The van der Waals surface area contributed by atoms with Gasteiger partial charge < -0.3 is 10.1 Å². The maximum atomic E-state index is 12.8. The number of rotatable bonds is 7. The van der Waals surface area contributed by atoms with E-state index >= 15 is 0 Å². The van der Waals surface area contributed by atoms with Crippen molar-refractivity contribution >= 4 is 21.6 Å². The standard InChI is InChI=1S/C22H30N2O4S/c1-13(2)18-12-19(15(4)10-21(18)28-6)16(5)23-22(25)17-9-8-14(3)20(11-17)24-29(7,26)27/h8-13,16,24H,1-7H3,(H,23,25). The van der Waals surface area contributed by atoms with Gasteiger partial charge in [-0.25, -0.2) is 8.42 Å². The van der Waals surface area contributed by atoms with Gasteiger partial charge in [0.1, 0.15) is 5.75 Å². The molecule has 0 heterocycles. The Bertz CT molecular complexity index is 1010. The zero-order chi connectivity index (χ0) is 21.9. The molecule has 0 aromatic heterocycles. The van der Waals surface area contributed by atoms with Crippen molar-refractivity contribution in [3.05, 3.63) is 58.1 Å². The molecule has 2 N–H and O–H groups in total. The minimum Gasteiger partial charge on any atom is -0.496 e. The number of sulfonamides is 1. The number of carbonyl (C=O) groups is 1. The van der Waals surface area contributed by atoms with E-state index in [1.807, 2.05) is 19.9 Å². The van der Waals surface area contributed by atoms with Crippen molar-refractivity contribution in [2.24, 2.45) is 0 Å². The summed E-state index contributed by atoms with van der Waals surface area (Å²) in [6.45, 7) is 9.91. The average Bonchev–Trinajstić information content (AvgIpc) is 2.61. The van der Waals surface area contributed by atoms with Crippen LogP contribution in [0, 0.1) is 13.8 Å². The Hall–Kier alpha value is -2.54. The van der Waals surface area contributed by atoms with Crippen LogP contribution in [0.15, 0.2) is 30.3 Å². The number of carbonyl (C=O) groups excluding carboxylic acids is 1. The molecule has 0 spiro atoms. The van der Waals surface area contributed by atoms with E-state index in [-0.39, 0.29) is 17.9 Å². The van der Waals surface area contributed by atoms with Crippen LogP contribution >= 0.6 is 0 Å². The Morgan fingerprint density at radius 3 is 2.21 bits per heavy atom. The van der Waals surface area contributed by atoms with Crippen molar-refractivity contribution in [3.63, 3.8) is 0 Å². The Kier molecular flexibility index (Phi) is 6.95. The Labute approximate surface area is 173 Å². The van der Waals surface area contributed by atoms with Crippen molar-refractivity contribution < 1.29 is 17.9 Å². The van der Waals surface area contributed by atoms with Crippen LogP contribution in [0.25, 0.3) is 0 Å². The first kappa shape index (κ1) is 22.7. The molecule has 0 radical (unpaired) electrons. The first-order valence-electron chi connectivity index (χ1n) is 9.50. The Balaban J connectivity index is 2.30. The zero-order valence-electron chi connectivity index (χ0n) is 18.1. The lowest BCUT2D eigenvalue weighted by atomic mass is 9.93. The van der Waals surface area contributed by atoms with Gasteiger partial charge in [0.25, 0.3) is 5.91 Å². The summed E-state index contributed by atoms with van der Waals surface area (Å²) in [4.78, 5) is 12.8. The summed E-state index contributed by atoms with van der Waals surface area (Å²) in [5.74, 6) is 0.860. The molecule has 2 rings (SSSR count). The molecule has 0 saturated carbocycles. The smallest absolute Gasteiger partial charge is 0.251 e. The highest BCUT2D eigenvalue weighted by Gasteiger charge is 2.18. The van der Waals surface area contributed by atoms with Gasteiger partial charge in [-0.15, -0.1) is 0 Å². The second-order valence-corrected chi connectivity index (χ2v) is 9.45. The third-order valence-electron chi connectivity index (χ3n) is 4.85. The van der Waals surface area contributed by atoms with Crippen LogP contribution in [0.5, 0.6) is 5.75 Å². The lowest BCUT2D eigenvalue weighted by Crippen LogP contribution is -2.27. The van der Waals surface area contributed by atoms with Crippen LogP contribution in [0.1, 0.15) is 65.3 Å². The summed E-state index contributed by atoms with van der Waals surface area (Å²) in [7, 11) is -1.77. The van der Waals surface area contributed by atoms with Crippen molar-refractivity contribution in [2.45, 2.75) is 46.6 Å². The predicted octanol–water partition coefficient (Wildman–Crippen LogP) is 4.30. The number of nitrogens with one attached hydrogen (secondary N) is 2. The molecule has 1 amide bonds. The maximum Gasteiger partial charge on any atom is 0.251 e. The third kappa shape index (κ3) is 5.73. The summed E-state index contributed by atoms with van der Waals surface area (Å²) >= 11 is 0. The number of amides is 1. The summed E-state index contributed by atoms with van der Waals surface area (Å²) in [5, 5.41) is 3.01. The van der Waals surface area contributed by atoms with Gasteiger partial charge in [0.05, 0.1) is 25.1 Å². The fourth-order valence-corrected chi connectivity index (χ4v) is 3.86. The molecule has 2 aromatic carbocycles. The van der Waals surface area contributed by atoms with E-state index in [2.05, 4.69) is 30.0 Å². The van der Waals surface area contributed by atoms with Crippen LogP contribution in [-0.2, 0) is 10.0 Å². The average molecular weight is 419 g/mol. The van der Waals surface area contributed by atoms with Gasteiger partial charge in [-0.3, -0.25) is 9.52 Å². The molecule has 6 nitrogen and oxygen atoms in total. The molecule has 1 atom stereocenters. The second kappa shape index (κ2) is 8.86. The van der Waals surface area contributed by atoms with E-state index < -0.39 is 10.0 Å². The highest BCUT2D eigenvalue weighted by Crippen LogP contribution is 2.32. The van der Waals surface area contributed by atoms with E-state index in [0.29, 0.717) is 11.3 Å². The molecule has 1 unspecified atom stereocenters. The fourth-order valence-electron chi connectivity index (χ4n) is 3.24. The first-order valence-corrected chi connectivity index (χ1v) is 11.4. The van der Waals surface area contributed by atoms with Crippen LogP contribution in [0.2, 0.25) is 0 Å². The molecule has 29 heavy (non-hydrogen) atoms. The van der Waals surface area contributed by atoms with Gasteiger partial charge in [-0.2, -0.15) is 0 Å². The number of hydrogen-bond acceptors (Lipinski definition) is 4. The molecule has 0 fully saturated rings. The second-order valence-electron chi connectivity index (χ2n) is 7.70. The number of benzene rings is 2. The highest BCUT2D eigenvalue weighted by atomic mass is 32.2. The summed E-state index contributed by atoms with van der Waals surface area (Å²) in [6, 6.07) is 8.81. The normalized spacial score (nSPS) is 12.6. The monoisotopic (exact) mass is 418 g/mol. The minimum absolute atomic E-state index is 0.224. The Morgan fingerprint density at radius 2 is 1.66 bits per heavy atom. The summed E-state index contributed by atoms with van der Waals surface area (Å²) in [6.07, 6.45) is 1.08. The van der Waals surface area contributed by atoms with Gasteiger partial charge in [0.2, 0.25) is 10.0 Å². The van der Waals surface area contributed by atoms with Gasteiger partial charge in [0, 0.05) is 5.56 Å². The molecule has 0 aliphatic carbocycles. The van der Waals surface area contributed by atoms with Crippen molar-refractivity contribution in [3.8, 4) is 5.75 Å². The number of hydrogen-bond donors (Lipinski definition) is 2. The molecule has 0 saturated heterocycles. The molecule has 7 heteroatoms. The molecular weight excluding hydrogens is 388 g/mol. The van der Waals surface area contributed by atoms with Gasteiger partial charge in [-0.05, 0) is 73.2 Å². The molecular formula is C22H30N2O4S. The van der Waals surface area contributed by atoms with Crippen LogP contribution in [0.3, 0.4) is 0 Å². The zero-order valence-corrected chi connectivity index (χ0v) is 18.9. The first-order chi connectivity index (χ1) is 13.4. The minimum atomic E-state index is -3.43. The lowest BCUT2D eigenvalue weighted by molar-refractivity contribution is 0.0940. The van der Waals surface area contributed by atoms with Crippen LogP contribution in [-0.4, -0.2) is 27.7 Å². The van der Waals surface area contributed by atoms with E-state index in [0.717, 1.165) is 34.3 Å². The topological polar surface area (TPSA) is 84.5 Å². The van der Waals surface area contributed by atoms with Gasteiger partial charge in [0.15, 0.2) is 0 Å². The van der Waals surface area contributed by atoms with E-state index in [4.69, 9.17) is 4.74 Å². The lowest BCUT2D eigenvalue weighted by Gasteiger charge is -2.21. The quantitative estimate of drug-likeness (QED) is 0.702. The van der Waals surface area contributed by atoms with Crippen LogP contribution in [0.4, 0.5) is 5.69 Å². The van der Waals surface area contributed by atoms with Crippen molar-refractivity contribution in [2.75, 3.05) is 18.1 Å². The number of aryl methyl sites for hydroxylation is 2. The SMILES string of the molecule is COc1cc(C)c(C(C)NC(=O)c2ccc(C)c(NS(C)(=O)=O)c2)cc1C(C)C. The fraction of sp³-hybridized carbons (Fsp3) is 0.409. The van der Waals surface area contributed by atoms with Crippen molar-refractivity contribution in [1.29, 1.82) is 0 Å². The van der Waals surface area contributed by atoms with E-state index in [1.165, 1.54) is 0 Å². The summed E-state index contributed by atoms with van der Waals surface area (Å²) in [5.41, 5.74) is 4.67. The molecule has 0 bridgehead atoms. The van der Waals surface area contributed by atoms with E-state index in [9.17, 15) is 13.2 Å².